The van der Waals surface area contributed by atoms with Gasteiger partial charge < -0.3 is 10.7 Å². The van der Waals surface area contributed by atoms with Gasteiger partial charge in [0.05, 0.1) is 11.3 Å². The summed E-state index contributed by atoms with van der Waals surface area (Å²) in [4.78, 5) is 8.15. The van der Waals surface area contributed by atoms with Gasteiger partial charge in [-0.15, -0.1) is 0 Å². The van der Waals surface area contributed by atoms with E-state index in [1.165, 1.54) is 18.5 Å². The van der Waals surface area contributed by atoms with Gasteiger partial charge in [-0.1, -0.05) is 6.92 Å². The molecule has 102 valence electrons. The summed E-state index contributed by atoms with van der Waals surface area (Å²) < 4.78 is 13.1. The van der Waals surface area contributed by atoms with Crippen molar-refractivity contribution >= 4 is 17.3 Å². The SMILES string of the molecule is CCc1c(NN)ncnc1Nc1ccc(F)cc1C#N. The van der Waals surface area contributed by atoms with Gasteiger partial charge in [-0.2, -0.15) is 5.26 Å². The van der Waals surface area contributed by atoms with Crippen LogP contribution >= 0.6 is 0 Å². The number of benzene rings is 1. The molecule has 0 bridgehead atoms. The van der Waals surface area contributed by atoms with Crippen LogP contribution in [0.1, 0.15) is 18.1 Å². The van der Waals surface area contributed by atoms with E-state index in [1.807, 2.05) is 13.0 Å². The van der Waals surface area contributed by atoms with Crippen molar-refractivity contribution in [2.24, 2.45) is 5.84 Å². The fourth-order valence-corrected chi connectivity index (χ4v) is 1.82. The standard InChI is InChI=1S/C13H13FN6/c1-2-10-12(17-7-18-13(10)20-16)19-11-4-3-9(14)5-8(11)6-15/h3-5,7H,2,16H2,1H3,(H2,17,18,19,20). The van der Waals surface area contributed by atoms with Crippen molar-refractivity contribution in [2.45, 2.75) is 13.3 Å². The lowest BCUT2D eigenvalue weighted by molar-refractivity contribution is 0.627. The number of nitrogen functional groups attached to an aromatic ring is 1. The Kier molecular flexibility index (Phi) is 4.08. The molecule has 0 amide bonds. The molecule has 0 spiro atoms. The molecule has 0 radical (unpaired) electrons. The molecule has 1 aromatic heterocycles. The number of hydrazine groups is 1. The molecule has 4 N–H and O–H groups in total. The van der Waals surface area contributed by atoms with E-state index in [0.29, 0.717) is 23.7 Å². The van der Waals surface area contributed by atoms with Gasteiger partial charge in [-0.05, 0) is 24.6 Å². The highest BCUT2D eigenvalue weighted by molar-refractivity contribution is 5.69. The number of aromatic nitrogens is 2. The summed E-state index contributed by atoms with van der Waals surface area (Å²) in [7, 11) is 0. The smallest absolute Gasteiger partial charge is 0.148 e. The van der Waals surface area contributed by atoms with E-state index in [0.717, 1.165) is 11.6 Å². The van der Waals surface area contributed by atoms with Gasteiger partial charge in [0, 0.05) is 5.56 Å². The van der Waals surface area contributed by atoms with E-state index in [4.69, 9.17) is 11.1 Å². The molecule has 0 unspecified atom stereocenters. The number of hydrogen-bond donors (Lipinski definition) is 3. The quantitative estimate of drug-likeness (QED) is 0.582. The molecule has 20 heavy (non-hydrogen) atoms. The van der Waals surface area contributed by atoms with Crippen LogP contribution in [0.4, 0.5) is 21.7 Å². The molecule has 0 aliphatic carbocycles. The minimum absolute atomic E-state index is 0.202. The van der Waals surface area contributed by atoms with Crippen LogP contribution in [0, 0.1) is 17.1 Å². The number of rotatable bonds is 4. The summed E-state index contributed by atoms with van der Waals surface area (Å²) in [5.41, 5.74) is 3.95. The fourth-order valence-electron chi connectivity index (χ4n) is 1.82. The Hall–Kier alpha value is -2.72. The lowest BCUT2D eigenvalue weighted by Crippen LogP contribution is -2.13. The summed E-state index contributed by atoms with van der Waals surface area (Å²) in [6, 6.07) is 5.87. The van der Waals surface area contributed by atoms with E-state index >= 15 is 0 Å². The normalized spacial score (nSPS) is 9.90. The lowest BCUT2D eigenvalue weighted by atomic mass is 10.1. The number of anilines is 3. The van der Waals surface area contributed by atoms with Crippen molar-refractivity contribution in [1.82, 2.24) is 9.97 Å². The Balaban J connectivity index is 2.43. The van der Waals surface area contributed by atoms with Crippen molar-refractivity contribution in [2.75, 3.05) is 10.7 Å². The van der Waals surface area contributed by atoms with Gasteiger partial charge in [0.25, 0.3) is 0 Å². The third-order valence-corrected chi connectivity index (χ3v) is 2.79. The average molecular weight is 272 g/mol. The van der Waals surface area contributed by atoms with E-state index < -0.39 is 5.82 Å². The number of nitrogens with one attached hydrogen (secondary N) is 2. The van der Waals surface area contributed by atoms with Gasteiger partial charge >= 0.3 is 0 Å². The molecule has 2 rings (SSSR count). The molecular formula is C13H13FN6. The Bertz CT molecular complexity index is 664. The second-order valence-electron chi connectivity index (χ2n) is 3.97. The number of nitrogens with zero attached hydrogens (tertiary/aromatic N) is 3. The minimum Gasteiger partial charge on any atom is -0.339 e. The molecular weight excluding hydrogens is 259 g/mol. The number of nitriles is 1. The zero-order valence-corrected chi connectivity index (χ0v) is 10.8. The Morgan fingerprint density at radius 3 is 2.75 bits per heavy atom. The Morgan fingerprint density at radius 2 is 2.10 bits per heavy atom. The van der Waals surface area contributed by atoms with E-state index in [2.05, 4.69) is 20.7 Å². The monoisotopic (exact) mass is 272 g/mol. The molecule has 0 saturated carbocycles. The van der Waals surface area contributed by atoms with Crippen molar-refractivity contribution in [3.05, 3.63) is 41.5 Å². The van der Waals surface area contributed by atoms with Gasteiger partial charge in [-0.3, -0.25) is 0 Å². The van der Waals surface area contributed by atoms with Crippen LogP contribution in [0.25, 0.3) is 0 Å². The number of hydrogen-bond acceptors (Lipinski definition) is 6. The van der Waals surface area contributed by atoms with Crippen LogP contribution in [0.2, 0.25) is 0 Å². The fraction of sp³-hybridized carbons (Fsp3) is 0.154. The molecule has 1 heterocycles. The van der Waals surface area contributed by atoms with Crippen LogP contribution in [0.15, 0.2) is 24.5 Å². The molecule has 0 aliphatic rings. The molecule has 0 saturated heterocycles. The third-order valence-electron chi connectivity index (χ3n) is 2.79. The minimum atomic E-state index is -0.463. The maximum absolute atomic E-state index is 13.1. The van der Waals surface area contributed by atoms with Crippen molar-refractivity contribution in [3.63, 3.8) is 0 Å². The second kappa shape index (κ2) is 5.95. The molecule has 0 fully saturated rings. The van der Waals surface area contributed by atoms with E-state index in [1.54, 1.807) is 0 Å². The predicted octanol–water partition coefficient (Wildman–Crippen LogP) is 2.08. The van der Waals surface area contributed by atoms with Crippen LogP contribution in [-0.2, 0) is 6.42 Å². The lowest BCUT2D eigenvalue weighted by Gasteiger charge is -2.13. The van der Waals surface area contributed by atoms with Gasteiger partial charge in [0.1, 0.15) is 29.8 Å². The molecule has 0 atom stereocenters. The molecule has 1 aromatic carbocycles. The Labute approximate surface area is 115 Å². The summed E-state index contributed by atoms with van der Waals surface area (Å²) in [6.45, 7) is 1.93. The largest absolute Gasteiger partial charge is 0.339 e. The molecule has 7 heteroatoms. The summed E-state index contributed by atoms with van der Waals surface area (Å²) in [5.74, 6) is 5.96. The second-order valence-corrected chi connectivity index (χ2v) is 3.97. The maximum atomic E-state index is 13.1. The first-order valence-corrected chi connectivity index (χ1v) is 5.96. The first-order chi connectivity index (χ1) is 9.69. The maximum Gasteiger partial charge on any atom is 0.148 e. The van der Waals surface area contributed by atoms with Gasteiger partial charge in [-0.25, -0.2) is 20.2 Å². The first kappa shape index (κ1) is 13.7. The van der Waals surface area contributed by atoms with Crippen molar-refractivity contribution < 1.29 is 4.39 Å². The summed E-state index contributed by atoms with van der Waals surface area (Å²) in [5, 5.41) is 12.0. The zero-order valence-electron chi connectivity index (χ0n) is 10.8. The zero-order chi connectivity index (χ0) is 14.5. The van der Waals surface area contributed by atoms with E-state index in [-0.39, 0.29) is 5.56 Å². The van der Waals surface area contributed by atoms with Crippen LogP contribution < -0.4 is 16.6 Å². The van der Waals surface area contributed by atoms with Crippen LogP contribution in [-0.4, -0.2) is 9.97 Å². The van der Waals surface area contributed by atoms with Gasteiger partial charge in [0.2, 0.25) is 0 Å². The Morgan fingerprint density at radius 1 is 1.35 bits per heavy atom. The number of halogens is 1. The number of nitrogens with two attached hydrogens (primary N) is 1. The predicted molar refractivity (Wildman–Crippen MR) is 73.6 cm³/mol. The van der Waals surface area contributed by atoms with Crippen LogP contribution in [0.3, 0.4) is 0 Å². The topological polar surface area (TPSA) is 99.7 Å². The molecule has 6 nitrogen and oxygen atoms in total. The first-order valence-electron chi connectivity index (χ1n) is 5.96. The average Bonchev–Trinajstić information content (AvgIpc) is 2.48. The van der Waals surface area contributed by atoms with E-state index in [9.17, 15) is 4.39 Å². The molecule has 0 aliphatic heterocycles. The van der Waals surface area contributed by atoms with Gasteiger partial charge in [0.15, 0.2) is 0 Å². The highest BCUT2D eigenvalue weighted by Crippen LogP contribution is 2.25. The summed E-state index contributed by atoms with van der Waals surface area (Å²) in [6.07, 6.45) is 2.00. The third kappa shape index (κ3) is 2.65. The highest BCUT2D eigenvalue weighted by atomic mass is 19.1. The van der Waals surface area contributed by atoms with Crippen molar-refractivity contribution in [1.29, 1.82) is 5.26 Å². The van der Waals surface area contributed by atoms with Crippen LogP contribution in [0.5, 0.6) is 0 Å². The molecule has 2 aromatic rings. The van der Waals surface area contributed by atoms with Crippen molar-refractivity contribution in [3.8, 4) is 6.07 Å². The summed E-state index contributed by atoms with van der Waals surface area (Å²) >= 11 is 0. The highest BCUT2D eigenvalue weighted by Gasteiger charge is 2.11.